The van der Waals surface area contributed by atoms with Crippen LogP contribution in [0.5, 0.6) is 0 Å². The summed E-state index contributed by atoms with van der Waals surface area (Å²) in [6.45, 7) is 3.19. The summed E-state index contributed by atoms with van der Waals surface area (Å²) in [5.41, 5.74) is 1.76. The van der Waals surface area contributed by atoms with Gasteiger partial charge in [-0.2, -0.15) is 0 Å². The zero-order valence-electron chi connectivity index (χ0n) is 14.9. The van der Waals surface area contributed by atoms with E-state index < -0.39 is 0 Å². The minimum atomic E-state index is -0.213. The topological polar surface area (TPSA) is 52.6 Å². The van der Waals surface area contributed by atoms with Crippen LogP contribution in [-0.2, 0) is 13.1 Å². The van der Waals surface area contributed by atoms with E-state index in [1.807, 2.05) is 18.3 Å². The molecule has 2 aromatic rings. The monoisotopic (exact) mass is 469 g/mol. The van der Waals surface area contributed by atoms with Crippen LogP contribution in [0, 0.1) is 5.82 Å². The predicted octanol–water partition coefficient (Wildman–Crippen LogP) is 3.30. The van der Waals surface area contributed by atoms with Gasteiger partial charge in [0, 0.05) is 45.0 Å². The molecule has 0 saturated carbocycles. The van der Waals surface area contributed by atoms with E-state index in [4.69, 9.17) is 0 Å². The van der Waals surface area contributed by atoms with Gasteiger partial charge in [0.2, 0.25) is 0 Å². The summed E-state index contributed by atoms with van der Waals surface area (Å²) in [7, 11) is 1.71. The van der Waals surface area contributed by atoms with E-state index in [0.717, 1.165) is 24.5 Å². The van der Waals surface area contributed by atoms with Gasteiger partial charge < -0.3 is 15.5 Å². The van der Waals surface area contributed by atoms with Crippen LogP contribution >= 0.6 is 24.0 Å². The number of nitrogens with zero attached hydrogens (tertiary/aromatic N) is 3. The number of rotatable bonds is 5. The molecule has 0 atom stereocenters. The van der Waals surface area contributed by atoms with Crippen molar-refractivity contribution in [2.45, 2.75) is 25.9 Å². The van der Waals surface area contributed by atoms with E-state index in [0.29, 0.717) is 24.6 Å². The van der Waals surface area contributed by atoms with Gasteiger partial charge in [-0.05, 0) is 36.6 Å². The Labute approximate surface area is 171 Å². The molecule has 0 bridgehead atoms. The predicted molar refractivity (Wildman–Crippen MR) is 115 cm³/mol. The van der Waals surface area contributed by atoms with E-state index in [2.05, 4.69) is 31.6 Å². The van der Waals surface area contributed by atoms with Gasteiger partial charge in [0.15, 0.2) is 5.96 Å². The van der Waals surface area contributed by atoms with Gasteiger partial charge in [-0.1, -0.05) is 18.2 Å². The first-order valence-corrected chi connectivity index (χ1v) is 8.64. The molecule has 2 heterocycles. The third kappa shape index (κ3) is 5.55. The van der Waals surface area contributed by atoms with Gasteiger partial charge in [-0.25, -0.2) is 9.37 Å². The molecule has 2 N–H and O–H groups in total. The molecule has 140 valence electrons. The van der Waals surface area contributed by atoms with Crippen LogP contribution in [-0.4, -0.2) is 31.1 Å². The maximum absolute atomic E-state index is 13.7. The summed E-state index contributed by atoms with van der Waals surface area (Å²) in [5, 5.41) is 6.40. The number of hydrogen-bond acceptors (Lipinski definition) is 3. The normalized spacial score (nSPS) is 14.1. The minimum Gasteiger partial charge on any atom is -0.357 e. The van der Waals surface area contributed by atoms with E-state index in [1.165, 1.54) is 18.9 Å². The molecule has 0 radical (unpaired) electrons. The second-order valence-electron chi connectivity index (χ2n) is 6.09. The molecular weight excluding hydrogens is 444 g/mol. The number of benzene rings is 1. The number of nitrogens with one attached hydrogen (secondary N) is 2. The Hall–Kier alpha value is -1.90. The smallest absolute Gasteiger partial charge is 0.191 e. The van der Waals surface area contributed by atoms with E-state index in [1.54, 1.807) is 19.2 Å². The largest absolute Gasteiger partial charge is 0.357 e. The van der Waals surface area contributed by atoms with Crippen LogP contribution in [0.2, 0.25) is 0 Å². The number of pyridine rings is 1. The highest BCUT2D eigenvalue weighted by atomic mass is 127. The van der Waals surface area contributed by atoms with Crippen molar-refractivity contribution in [3.63, 3.8) is 0 Å². The van der Waals surface area contributed by atoms with E-state index >= 15 is 0 Å². The molecule has 0 spiro atoms. The van der Waals surface area contributed by atoms with Crippen molar-refractivity contribution >= 4 is 35.8 Å². The summed E-state index contributed by atoms with van der Waals surface area (Å²) in [4.78, 5) is 11.0. The molecule has 1 fully saturated rings. The van der Waals surface area contributed by atoms with Crippen molar-refractivity contribution in [1.29, 1.82) is 0 Å². The molecule has 7 heteroatoms. The fourth-order valence-electron chi connectivity index (χ4n) is 2.92. The number of anilines is 1. The van der Waals surface area contributed by atoms with E-state index in [9.17, 15) is 4.39 Å². The number of aromatic nitrogens is 1. The fourth-order valence-corrected chi connectivity index (χ4v) is 2.92. The Bertz CT molecular complexity index is 731. The summed E-state index contributed by atoms with van der Waals surface area (Å²) in [6.07, 6.45) is 4.31. The lowest BCUT2D eigenvalue weighted by Gasteiger charge is -2.17. The third-order valence-corrected chi connectivity index (χ3v) is 4.33. The van der Waals surface area contributed by atoms with Crippen LogP contribution in [0.4, 0.5) is 10.2 Å². The number of hydrogen-bond donors (Lipinski definition) is 2. The van der Waals surface area contributed by atoms with Gasteiger partial charge in [0.1, 0.15) is 11.6 Å². The van der Waals surface area contributed by atoms with Crippen LogP contribution < -0.4 is 15.5 Å². The Balaban J connectivity index is 0.00000243. The lowest BCUT2D eigenvalue weighted by molar-refractivity contribution is 0.604. The molecule has 1 aromatic heterocycles. The van der Waals surface area contributed by atoms with E-state index in [-0.39, 0.29) is 29.8 Å². The number of halogens is 2. The summed E-state index contributed by atoms with van der Waals surface area (Å²) in [5.74, 6) is 1.46. The second kappa shape index (κ2) is 10.3. The molecule has 3 rings (SSSR count). The molecule has 26 heavy (non-hydrogen) atoms. The van der Waals surface area contributed by atoms with Crippen LogP contribution in [0.3, 0.4) is 0 Å². The quantitative estimate of drug-likeness (QED) is 0.401. The van der Waals surface area contributed by atoms with Crippen molar-refractivity contribution in [3.05, 3.63) is 59.5 Å². The van der Waals surface area contributed by atoms with Crippen LogP contribution in [0.15, 0.2) is 47.6 Å². The Morgan fingerprint density at radius 3 is 2.62 bits per heavy atom. The number of guanidine groups is 1. The van der Waals surface area contributed by atoms with Gasteiger partial charge >= 0.3 is 0 Å². The van der Waals surface area contributed by atoms with Crippen molar-refractivity contribution < 1.29 is 4.39 Å². The van der Waals surface area contributed by atoms with Crippen LogP contribution in [0.1, 0.15) is 24.0 Å². The second-order valence-corrected chi connectivity index (χ2v) is 6.09. The van der Waals surface area contributed by atoms with Gasteiger partial charge in [-0.15, -0.1) is 24.0 Å². The van der Waals surface area contributed by atoms with Gasteiger partial charge in [0.25, 0.3) is 0 Å². The van der Waals surface area contributed by atoms with Crippen molar-refractivity contribution in [2.75, 3.05) is 25.0 Å². The molecule has 1 saturated heterocycles. The summed E-state index contributed by atoms with van der Waals surface area (Å²) < 4.78 is 13.7. The molecule has 0 unspecified atom stereocenters. The SMILES string of the molecule is CN=C(NCc1ccnc(N2CCCC2)c1)NCc1ccccc1F.I. The zero-order chi connectivity index (χ0) is 17.5. The molecule has 1 aliphatic rings. The minimum absolute atomic E-state index is 0. The maximum Gasteiger partial charge on any atom is 0.191 e. The first-order chi connectivity index (χ1) is 12.3. The molecule has 5 nitrogen and oxygen atoms in total. The zero-order valence-corrected chi connectivity index (χ0v) is 17.2. The molecule has 1 aromatic carbocycles. The molecule has 0 amide bonds. The van der Waals surface area contributed by atoms with Crippen molar-refractivity contribution in [2.24, 2.45) is 4.99 Å². The van der Waals surface area contributed by atoms with Crippen molar-refractivity contribution in [1.82, 2.24) is 15.6 Å². The fraction of sp³-hybridized carbons (Fsp3) is 0.368. The summed E-state index contributed by atoms with van der Waals surface area (Å²) >= 11 is 0. The standard InChI is InChI=1S/C19H24FN5.HI/c1-21-19(24-14-16-6-2-3-7-17(16)20)23-13-15-8-9-22-18(12-15)25-10-4-5-11-25;/h2-3,6-9,12H,4-5,10-11,13-14H2,1H3,(H2,21,23,24);1H. The molecular formula is C19H25FIN5. The number of aliphatic imine (C=N–C) groups is 1. The Morgan fingerprint density at radius 2 is 1.88 bits per heavy atom. The lowest BCUT2D eigenvalue weighted by atomic mass is 10.2. The average molecular weight is 469 g/mol. The molecule has 0 aliphatic carbocycles. The first kappa shape index (κ1) is 20.4. The lowest BCUT2D eigenvalue weighted by Crippen LogP contribution is -2.36. The Kier molecular flexibility index (Phi) is 8.08. The highest BCUT2D eigenvalue weighted by molar-refractivity contribution is 14.0. The first-order valence-electron chi connectivity index (χ1n) is 8.64. The van der Waals surface area contributed by atoms with Crippen molar-refractivity contribution in [3.8, 4) is 0 Å². The highest BCUT2D eigenvalue weighted by Gasteiger charge is 2.13. The average Bonchev–Trinajstić information content (AvgIpc) is 3.18. The highest BCUT2D eigenvalue weighted by Crippen LogP contribution is 2.18. The van der Waals surface area contributed by atoms with Gasteiger partial charge in [-0.3, -0.25) is 4.99 Å². The van der Waals surface area contributed by atoms with Crippen LogP contribution in [0.25, 0.3) is 0 Å². The Morgan fingerprint density at radius 1 is 1.15 bits per heavy atom. The third-order valence-electron chi connectivity index (χ3n) is 4.33. The molecule has 1 aliphatic heterocycles. The summed E-state index contributed by atoms with van der Waals surface area (Å²) in [6, 6.07) is 10.9. The van der Waals surface area contributed by atoms with Gasteiger partial charge in [0.05, 0.1) is 0 Å². The maximum atomic E-state index is 13.7.